The first-order valence-corrected chi connectivity index (χ1v) is 8.31. The number of hydrogen-bond donors (Lipinski definition) is 1. The maximum Gasteiger partial charge on any atom is 0.0104 e. The van der Waals surface area contributed by atoms with Gasteiger partial charge < -0.3 is 10.2 Å². The molecule has 2 aliphatic heterocycles. The maximum absolute atomic E-state index is 3.73. The van der Waals surface area contributed by atoms with Crippen LogP contribution < -0.4 is 5.32 Å². The highest BCUT2D eigenvalue weighted by Gasteiger charge is 2.17. The summed E-state index contributed by atoms with van der Waals surface area (Å²) in [5.41, 5.74) is 0. The first-order valence-electron chi connectivity index (χ1n) is 7.13. The van der Waals surface area contributed by atoms with Gasteiger partial charge in [-0.15, -0.1) is 0 Å². The van der Waals surface area contributed by atoms with E-state index in [9.17, 15) is 0 Å². The fourth-order valence-electron chi connectivity index (χ4n) is 2.86. The van der Waals surface area contributed by atoms with E-state index in [-0.39, 0.29) is 0 Å². The minimum absolute atomic E-state index is 0.775. The van der Waals surface area contributed by atoms with Gasteiger partial charge >= 0.3 is 0 Å². The molecule has 0 aromatic carbocycles. The smallest absolute Gasteiger partial charge is 0.0104 e. The topological polar surface area (TPSA) is 18.5 Å². The Hall–Kier alpha value is 0.230. The predicted octanol–water partition coefficient (Wildman–Crippen LogP) is 1.80. The van der Waals surface area contributed by atoms with Gasteiger partial charge in [0.25, 0.3) is 0 Å². The molecule has 2 fully saturated rings. The Bertz CT molecular complexity index is 199. The predicted molar refractivity (Wildman–Crippen MR) is 76.4 cm³/mol. The third kappa shape index (κ3) is 4.78. The Kier molecular flexibility index (Phi) is 6.12. The lowest BCUT2D eigenvalue weighted by Crippen LogP contribution is -2.40. The SMILES string of the molecule is CSN1CCC(NCCCN2CCCC2)CC1. The molecule has 0 bridgehead atoms. The van der Waals surface area contributed by atoms with E-state index < -0.39 is 0 Å². The minimum atomic E-state index is 0.775. The Morgan fingerprint density at radius 1 is 1.12 bits per heavy atom. The largest absolute Gasteiger partial charge is 0.314 e. The second-order valence-electron chi connectivity index (χ2n) is 5.24. The highest BCUT2D eigenvalue weighted by Crippen LogP contribution is 2.16. The van der Waals surface area contributed by atoms with E-state index in [1.54, 1.807) is 0 Å². The molecule has 1 N–H and O–H groups in total. The van der Waals surface area contributed by atoms with Gasteiger partial charge in [-0.3, -0.25) is 4.31 Å². The van der Waals surface area contributed by atoms with E-state index in [1.165, 1.54) is 71.4 Å². The molecule has 3 nitrogen and oxygen atoms in total. The van der Waals surface area contributed by atoms with Crippen LogP contribution in [0.25, 0.3) is 0 Å². The highest BCUT2D eigenvalue weighted by molar-refractivity contribution is 7.96. The summed E-state index contributed by atoms with van der Waals surface area (Å²) in [4.78, 5) is 2.61. The summed E-state index contributed by atoms with van der Waals surface area (Å²) in [6, 6.07) is 0.775. The monoisotopic (exact) mass is 257 g/mol. The van der Waals surface area contributed by atoms with E-state index in [4.69, 9.17) is 0 Å². The third-order valence-corrected chi connectivity index (χ3v) is 4.88. The summed E-state index contributed by atoms with van der Waals surface area (Å²) in [6.07, 6.45) is 8.99. The molecular weight excluding hydrogens is 230 g/mol. The van der Waals surface area contributed by atoms with Crippen molar-refractivity contribution in [2.75, 3.05) is 45.5 Å². The van der Waals surface area contributed by atoms with Crippen molar-refractivity contribution < 1.29 is 0 Å². The fourth-order valence-corrected chi connectivity index (χ4v) is 3.43. The molecule has 4 heteroatoms. The van der Waals surface area contributed by atoms with Gasteiger partial charge in [-0.25, -0.2) is 0 Å². The molecule has 2 heterocycles. The lowest BCUT2D eigenvalue weighted by molar-refractivity contribution is 0.293. The summed E-state index contributed by atoms with van der Waals surface area (Å²) < 4.78 is 2.47. The van der Waals surface area contributed by atoms with Gasteiger partial charge in [0, 0.05) is 19.1 Å². The van der Waals surface area contributed by atoms with Crippen LogP contribution in [0.5, 0.6) is 0 Å². The van der Waals surface area contributed by atoms with E-state index >= 15 is 0 Å². The van der Waals surface area contributed by atoms with Crippen LogP contribution in [-0.4, -0.2) is 60.8 Å². The van der Waals surface area contributed by atoms with Crippen molar-refractivity contribution in [2.45, 2.75) is 38.1 Å². The van der Waals surface area contributed by atoms with Crippen LogP contribution in [0, 0.1) is 0 Å². The summed E-state index contributed by atoms with van der Waals surface area (Å²) in [5, 5.41) is 3.73. The molecule has 2 saturated heterocycles. The normalized spacial score (nSPS) is 24.5. The average molecular weight is 257 g/mol. The quantitative estimate of drug-likeness (QED) is 0.577. The van der Waals surface area contributed by atoms with Crippen LogP contribution in [0.4, 0.5) is 0 Å². The zero-order chi connectivity index (χ0) is 11.9. The number of rotatable bonds is 6. The summed E-state index contributed by atoms with van der Waals surface area (Å²) >= 11 is 1.89. The number of likely N-dealkylation sites (tertiary alicyclic amines) is 1. The molecule has 0 aromatic heterocycles. The third-order valence-electron chi connectivity index (χ3n) is 3.99. The van der Waals surface area contributed by atoms with E-state index in [0.717, 1.165) is 6.04 Å². The summed E-state index contributed by atoms with van der Waals surface area (Å²) in [6.45, 7) is 7.70. The van der Waals surface area contributed by atoms with Crippen molar-refractivity contribution in [1.29, 1.82) is 0 Å². The number of hydrogen-bond acceptors (Lipinski definition) is 4. The van der Waals surface area contributed by atoms with Gasteiger partial charge in [0.15, 0.2) is 0 Å². The molecule has 0 amide bonds. The fraction of sp³-hybridized carbons (Fsp3) is 1.00. The van der Waals surface area contributed by atoms with Crippen LogP contribution in [0.2, 0.25) is 0 Å². The number of piperidine rings is 1. The zero-order valence-electron chi connectivity index (χ0n) is 11.2. The Morgan fingerprint density at radius 3 is 2.47 bits per heavy atom. The van der Waals surface area contributed by atoms with Crippen molar-refractivity contribution in [2.24, 2.45) is 0 Å². The summed E-state index contributed by atoms with van der Waals surface area (Å²) in [5.74, 6) is 0. The Balaban J connectivity index is 1.48. The molecule has 0 aromatic rings. The van der Waals surface area contributed by atoms with Crippen molar-refractivity contribution >= 4 is 11.9 Å². The van der Waals surface area contributed by atoms with E-state index in [0.29, 0.717) is 0 Å². The average Bonchev–Trinajstić information content (AvgIpc) is 2.88. The lowest BCUT2D eigenvalue weighted by Gasteiger charge is -2.30. The van der Waals surface area contributed by atoms with E-state index in [2.05, 4.69) is 20.8 Å². The zero-order valence-corrected chi connectivity index (χ0v) is 12.0. The van der Waals surface area contributed by atoms with Gasteiger partial charge in [-0.05, 0) is 64.5 Å². The molecule has 2 aliphatic rings. The van der Waals surface area contributed by atoms with Gasteiger partial charge in [0.1, 0.15) is 0 Å². The molecule has 0 saturated carbocycles. The van der Waals surface area contributed by atoms with Crippen LogP contribution in [0.1, 0.15) is 32.1 Å². The minimum Gasteiger partial charge on any atom is -0.314 e. The van der Waals surface area contributed by atoms with Gasteiger partial charge in [-0.1, -0.05) is 11.9 Å². The molecule has 100 valence electrons. The molecule has 17 heavy (non-hydrogen) atoms. The summed E-state index contributed by atoms with van der Waals surface area (Å²) in [7, 11) is 0. The van der Waals surface area contributed by atoms with Gasteiger partial charge in [0.2, 0.25) is 0 Å². The van der Waals surface area contributed by atoms with Crippen molar-refractivity contribution in [3.05, 3.63) is 0 Å². The maximum atomic E-state index is 3.73. The second kappa shape index (κ2) is 7.62. The van der Waals surface area contributed by atoms with Crippen molar-refractivity contribution in [3.8, 4) is 0 Å². The second-order valence-corrected chi connectivity index (χ2v) is 6.12. The van der Waals surface area contributed by atoms with Crippen LogP contribution in [0.15, 0.2) is 0 Å². The van der Waals surface area contributed by atoms with Crippen LogP contribution in [-0.2, 0) is 0 Å². The van der Waals surface area contributed by atoms with Crippen LogP contribution in [0.3, 0.4) is 0 Å². The van der Waals surface area contributed by atoms with Gasteiger partial charge in [-0.2, -0.15) is 0 Å². The van der Waals surface area contributed by atoms with Crippen molar-refractivity contribution in [1.82, 2.24) is 14.5 Å². The number of nitrogens with zero attached hydrogens (tertiary/aromatic N) is 2. The standard InChI is InChI=1S/C13H27N3S/c1-17-16-11-5-13(6-12-16)14-7-4-10-15-8-2-3-9-15/h13-14H,2-12H2,1H3. The molecule has 2 rings (SSSR count). The highest BCUT2D eigenvalue weighted by atomic mass is 32.2. The molecule has 0 atom stereocenters. The molecule has 0 unspecified atom stereocenters. The van der Waals surface area contributed by atoms with Crippen molar-refractivity contribution in [3.63, 3.8) is 0 Å². The first kappa shape index (κ1) is 13.7. The lowest BCUT2D eigenvalue weighted by atomic mass is 10.1. The Morgan fingerprint density at radius 2 is 1.82 bits per heavy atom. The molecule has 0 aliphatic carbocycles. The molecule has 0 spiro atoms. The van der Waals surface area contributed by atoms with Crippen LogP contribution >= 0.6 is 11.9 Å². The first-order chi connectivity index (χ1) is 8.38. The molecule has 0 radical (unpaired) electrons. The number of nitrogens with one attached hydrogen (secondary N) is 1. The molecular formula is C13H27N3S. The van der Waals surface area contributed by atoms with Gasteiger partial charge in [0.05, 0.1) is 0 Å². The van der Waals surface area contributed by atoms with E-state index in [1.807, 2.05) is 11.9 Å². The Labute approximate surface area is 110 Å².